The number of hydrogen-bond donors (Lipinski definition) is 2. The summed E-state index contributed by atoms with van der Waals surface area (Å²) in [6.07, 6.45) is 4.23. The third-order valence-corrected chi connectivity index (χ3v) is 3.27. The van der Waals surface area contributed by atoms with E-state index >= 15 is 0 Å². The van der Waals surface area contributed by atoms with Gasteiger partial charge in [0.05, 0.1) is 11.9 Å². The topological polar surface area (TPSA) is 55.9 Å². The lowest BCUT2D eigenvalue weighted by Gasteiger charge is -2.07. The van der Waals surface area contributed by atoms with Gasteiger partial charge in [-0.15, -0.1) is 0 Å². The first-order chi connectivity index (χ1) is 8.74. The maximum Gasteiger partial charge on any atom is 0.168 e. The zero-order valence-electron chi connectivity index (χ0n) is 9.89. The molecule has 5 heteroatoms. The van der Waals surface area contributed by atoms with Crippen LogP contribution in [0.4, 0.5) is 5.69 Å². The summed E-state index contributed by atoms with van der Waals surface area (Å²) in [6, 6.07) is 8.07. The van der Waals surface area contributed by atoms with Crippen molar-refractivity contribution in [3.05, 3.63) is 36.3 Å². The molecule has 0 fully saturated rings. The number of nitrogens with one attached hydrogen (secondary N) is 1. The zero-order valence-corrected chi connectivity index (χ0v) is 10.7. The average Bonchev–Trinajstić information content (AvgIpc) is 2.91. The van der Waals surface area contributed by atoms with E-state index in [2.05, 4.69) is 27.0 Å². The maximum absolute atomic E-state index is 5.44. The maximum atomic E-state index is 5.44. The lowest BCUT2D eigenvalue weighted by Crippen LogP contribution is -2.18. The number of thiocarbonyl (C=S) groups is 1. The Kier molecular flexibility index (Phi) is 2.76. The second kappa shape index (κ2) is 4.42. The predicted octanol–water partition coefficient (Wildman–Crippen LogP) is 2.15. The minimum absolute atomic E-state index is 0.285. The number of aromatic nitrogens is 2. The summed E-state index contributed by atoms with van der Waals surface area (Å²) in [4.78, 5) is 4.45. The Balaban J connectivity index is 1.90. The van der Waals surface area contributed by atoms with E-state index in [1.54, 1.807) is 0 Å². The molecule has 0 saturated carbocycles. The Morgan fingerprint density at radius 1 is 1.33 bits per heavy atom. The molecule has 0 amide bonds. The van der Waals surface area contributed by atoms with Gasteiger partial charge < -0.3 is 15.6 Å². The van der Waals surface area contributed by atoms with Crippen LogP contribution in [0.15, 0.2) is 30.5 Å². The quantitative estimate of drug-likeness (QED) is 0.810. The van der Waals surface area contributed by atoms with Crippen LogP contribution in [-0.2, 0) is 13.0 Å². The number of imidazole rings is 1. The van der Waals surface area contributed by atoms with Gasteiger partial charge in [-0.3, -0.25) is 0 Å². The second-order valence-electron chi connectivity index (χ2n) is 4.38. The molecule has 4 nitrogen and oxygen atoms in total. The van der Waals surface area contributed by atoms with Crippen LogP contribution in [0.2, 0.25) is 0 Å². The molecule has 0 aliphatic carbocycles. The molecule has 0 saturated heterocycles. The van der Waals surface area contributed by atoms with Gasteiger partial charge in [0.1, 0.15) is 5.82 Å². The number of anilines is 1. The lowest BCUT2D eigenvalue weighted by molar-refractivity contribution is 0.756. The number of rotatable bonds is 2. The van der Waals surface area contributed by atoms with Crippen LogP contribution >= 0.6 is 12.2 Å². The predicted molar refractivity (Wildman–Crippen MR) is 76.4 cm³/mol. The van der Waals surface area contributed by atoms with E-state index in [1.807, 2.05) is 18.3 Å². The van der Waals surface area contributed by atoms with Crippen LogP contribution in [0, 0.1) is 0 Å². The number of hydrogen-bond acceptors (Lipinski definition) is 2. The summed E-state index contributed by atoms with van der Waals surface area (Å²) in [5.41, 5.74) is 8.70. The number of fused-ring (bicyclic) bond motifs is 1. The van der Waals surface area contributed by atoms with Crippen LogP contribution in [0.25, 0.3) is 11.3 Å². The van der Waals surface area contributed by atoms with Gasteiger partial charge in [-0.2, -0.15) is 0 Å². The molecular weight excluding hydrogens is 244 g/mol. The third kappa shape index (κ3) is 1.97. The van der Waals surface area contributed by atoms with Crippen molar-refractivity contribution in [3.8, 4) is 11.3 Å². The minimum atomic E-state index is 0.285. The van der Waals surface area contributed by atoms with Crippen molar-refractivity contribution in [3.63, 3.8) is 0 Å². The number of nitrogens with two attached hydrogens (primary N) is 1. The van der Waals surface area contributed by atoms with Crippen LogP contribution in [0.5, 0.6) is 0 Å². The first-order valence-electron chi connectivity index (χ1n) is 5.95. The molecule has 1 aliphatic rings. The van der Waals surface area contributed by atoms with E-state index in [9.17, 15) is 0 Å². The second-order valence-corrected chi connectivity index (χ2v) is 4.82. The smallest absolute Gasteiger partial charge is 0.168 e. The number of benzene rings is 1. The van der Waals surface area contributed by atoms with Gasteiger partial charge in [0.2, 0.25) is 0 Å². The van der Waals surface area contributed by atoms with Gasteiger partial charge in [0.25, 0.3) is 0 Å². The molecule has 0 spiro atoms. The standard InChI is InChI=1S/C13H14N4S/c14-13(18)16-10-5-3-9(4-6-10)11-8-15-12-2-1-7-17(11)12/h3-6,8H,1-2,7H2,(H3,14,16,18). The monoisotopic (exact) mass is 258 g/mol. The van der Waals surface area contributed by atoms with Crippen molar-refractivity contribution in [1.29, 1.82) is 0 Å². The first kappa shape index (κ1) is 11.2. The summed E-state index contributed by atoms with van der Waals surface area (Å²) < 4.78 is 2.29. The fourth-order valence-corrected chi connectivity index (χ4v) is 2.47. The summed E-state index contributed by atoms with van der Waals surface area (Å²) in [5, 5.41) is 3.20. The Morgan fingerprint density at radius 3 is 2.83 bits per heavy atom. The van der Waals surface area contributed by atoms with Crippen molar-refractivity contribution in [1.82, 2.24) is 9.55 Å². The van der Waals surface area contributed by atoms with Gasteiger partial charge in [-0.05, 0) is 36.3 Å². The highest BCUT2D eigenvalue weighted by Crippen LogP contribution is 2.26. The van der Waals surface area contributed by atoms with Crippen molar-refractivity contribution >= 4 is 23.0 Å². The SMILES string of the molecule is NC(=S)Nc1ccc(-c2cnc3n2CCC3)cc1. The highest BCUT2D eigenvalue weighted by Gasteiger charge is 2.16. The summed E-state index contributed by atoms with van der Waals surface area (Å²) in [6.45, 7) is 1.07. The fraction of sp³-hybridized carbons (Fsp3) is 0.231. The zero-order chi connectivity index (χ0) is 12.5. The number of nitrogens with zero attached hydrogens (tertiary/aromatic N) is 2. The van der Waals surface area contributed by atoms with Crippen LogP contribution in [-0.4, -0.2) is 14.7 Å². The summed E-state index contributed by atoms with van der Waals surface area (Å²) in [7, 11) is 0. The Bertz CT molecular complexity index is 586. The number of aryl methyl sites for hydroxylation is 1. The van der Waals surface area contributed by atoms with E-state index < -0.39 is 0 Å². The third-order valence-electron chi connectivity index (χ3n) is 3.17. The molecule has 92 valence electrons. The van der Waals surface area contributed by atoms with E-state index in [0.717, 1.165) is 18.7 Å². The van der Waals surface area contributed by atoms with Crippen LogP contribution < -0.4 is 11.1 Å². The summed E-state index contributed by atoms with van der Waals surface area (Å²) >= 11 is 4.81. The van der Waals surface area contributed by atoms with Gasteiger partial charge in [0.15, 0.2) is 5.11 Å². The fourth-order valence-electron chi connectivity index (χ4n) is 2.36. The van der Waals surface area contributed by atoms with E-state index in [4.69, 9.17) is 18.0 Å². The Hall–Kier alpha value is -1.88. The highest BCUT2D eigenvalue weighted by atomic mass is 32.1. The van der Waals surface area contributed by atoms with Crippen molar-refractivity contribution in [2.45, 2.75) is 19.4 Å². The Labute approximate surface area is 111 Å². The first-order valence-corrected chi connectivity index (χ1v) is 6.36. The molecule has 3 N–H and O–H groups in total. The molecule has 1 aromatic heterocycles. The van der Waals surface area contributed by atoms with Crippen molar-refractivity contribution < 1.29 is 0 Å². The molecule has 18 heavy (non-hydrogen) atoms. The Morgan fingerprint density at radius 2 is 2.11 bits per heavy atom. The van der Waals surface area contributed by atoms with E-state index in [-0.39, 0.29) is 5.11 Å². The van der Waals surface area contributed by atoms with Crippen LogP contribution in [0.1, 0.15) is 12.2 Å². The molecule has 2 aromatic rings. The highest BCUT2D eigenvalue weighted by molar-refractivity contribution is 7.80. The van der Waals surface area contributed by atoms with E-state index in [1.165, 1.54) is 23.5 Å². The average molecular weight is 258 g/mol. The minimum Gasteiger partial charge on any atom is -0.376 e. The van der Waals surface area contributed by atoms with Crippen LogP contribution in [0.3, 0.4) is 0 Å². The van der Waals surface area contributed by atoms with Gasteiger partial charge in [0, 0.05) is 18.7 Å². The molecule has 1 aliphatic heterocycles. The molecule has 0 bridgehead atoms. The van der Waals surface area contributed by atoms with Gasteiger partial charge >= 0.3 is 0 Å². The molecule has 1 aromatic carbocycles. The summed E-state index contributed by atoms with van der Waals surface area (Å²) in [5.74, 6) is 1.19. The molecule has 2 heterocycles. The van der Waals surface area contributed by atoms with Crippen molar-refractivity contribution in [2.24, 2.45) is 5.73 Å². The van der Waals surface area contributed by atoms with Crippen molar-refractivity contribution in [2.75, 3.05) is 5.32 Å². The molecule has 0 unspecified atom stereocenters. The van der Waals surface area contributed by atoms with Gasteiger partial charge in [-0.1, -0.05) is 12.1 Å². The normalized spacial score (nSPS) is 13.3. The van der Waals surface area contributed by atoms with Gasteiger partial charge in [-0.25, -0.2) is 4.98 Å². The molecule has 0 atom stereocenters. The van der Waals surface area contributed by atoms with E-state index in [0.29, 0.717) is 0 Å². The largest absolute Gasteiger partial charge is 0.376 e. The molecular formula is C13H14N4S. The lowest BCUT2D eigenvalue weighted by atomic mass is 10.1. The molecule has 0 radical (unpaired) electrons. The molecule has 3 rings (SSSR count).